The summed E-state index contributed by atoms with van der Waals surface area (Å²) in [7, 11) is 7.47. The summed E-state index contributed by atoms with van der Waals surface area (Å²) in [5.74, 6) is 2.35. The number of aryl methyl sites for hydroxylation is 1. The Labute approximate surface area is 179 Å². The van der Waals surface area contributed by atoms with Crippen LogP contribution in [0.3, 0.4) is 0 Å². The minimum atomic E-state index is 0.110. The summed E-state index contributed by atoms with van der Waals surface area (Å²) in [4.78, 5) is 6.96. The van der Waals surface area contributed by atoms with E-state index in [-0.39, 0.29) is 5.41 Å². The van der Waals surface area contributed by atoms with Gasteiger partial charge in [0.1, 0.15) is 5.82 Å². The van der Waals surface area contributed by atoms with Gasteiger partial charge in [-0.1, -0.05) is 13.8 Å². The lowest BCUT2D eigenvalue weighted by molar-refractivity contribution is 0.254. The quantitative estimate of drug-likeness (QED) is 0.604. The number of fused-ring (bicyclic) bond motifs is 1. The molecule has 0 fully saturated rings. The number of hydrogen-bond acceptors (Lipinski definition) is 6. The Hall–Kier alpha value is -2.80. The lowest BCUT2D eigenvalue weighted by atomic mass is 9.93. The molecule has 0 saturated carbocycles. The van der Waals surface area contributed by atoms with Crippen molar-refractivity contribution in [1.82, 2.24) is 19.5 Å². The fraction of sp³-hybridized carbons (Fsp3) is 0.478. The minimum absolute atomic E-state index is 0.110. The van der Waals surface area contributed by atoms with Crippen LogP contribution in [0.2, 0.25) is 0 Å². The SMILES string of the molecule is COc1ccc(-c2cc3nc(C)c(C)c(NCC(C)(C)CN(C)C)n3n2)cc1OC. The van der Waals surface area contributed by atoms with Gasteiger partial charge in [-0.15, -0.1) is 0 Å². The Morgan fingerprint density at radius 1 is 1.07 bits per heavy atom. The summed E-state index contributed by atoms with van der Waals surface area (Å²) in [6.45, 7) is 10.5. The van der Waals surface area contributed by atoms with Gasteiger partial charge in [0.25, 0.3) is 0 Å². The maximum Gasteiger partial charge on any atom is 0.161 e. The topological polar surface area (TPSA) is 63.9 Å². The average molecular weight is 412 g/mol. The van der Waals surface area contributed by atoms with Gasteiger partial charge in [0.15, 0.2) is 17.1 Å². The first-order chi connectivity index (χ1) is 14.1. The third-order valence-corrected chi connectivity index (χ3v) is 5.24. The van der Waals surface area contributed by atoms with Crippen molar-refractivity contribution in [3.8, 4) is 22.8 Å². The second kappa shape index (κ2) is 8.52. The van der Waals surface area contributed by atoms with Gasteiger partial charge in [0, 0.05) is 36.0 Å². The normalized spacial score (nSPS) is 11.9. The highest BCUT2D eigenvalue weighted by Gasteiger charge is 2.21. The van der Waals surface area contributed by atoms with Gasteiger partial charge >= 0.3 is 0 Å². The van der Waals surface area contributed by atoms with Crippen LogP contribution in [-0.2, 0) is 0 Å². The molecule has 162 valence electrons. The molecular formula is C23H33N5O2. The fourth-order valence-corrected chi connectivity index (χ4v) is 3.78. The molecule has 2 heterocycles. The molecule has 30 heavy (non-hydrogen) atoms. The zero-order valence-corrected chi connectivity index (χ0v) is 19.3. The Balaban J connectivity index is 2.01. The van der Waals surface area contributed by atoms with Crippen molar-refractivity contribution in [3.05, 3.63) is 35.5 Å². The van der Waals surface area contributed by atoms with Crippen molar-refractivity contribution < 1.29 is 9.47 Å². The Kier molecular flexibility index (Phi) is 6.22. The van der Waals surface area contributed by atoms with E-state index in [0.717, 1.165) is 47.1 Å². The molecule has 2 aromatic heterocycles. The van der Waals surface area contributed by atoms with Crippen molar-refractivity contribution in [2.45, 2.75) is 27.7 Å². The molecule has 0 saturated heterocycles. The van der Waals surface area contributed by atoms with Crippen LogP contribution in [0.5, 0.6) is 11.5 Å². The number of aromatic nitrogens is 3. The number of ether oxygens (including phenoxy) is 2. The molecular weight excluding hydrogens is 378 g/mol. The van der Waals surface area contributed by atoms with Crippen molar-refractivity contribution in [1.29, 1.82) is 0 Å². The average Bonchev–Trinajstić information content (AvgIpc) is 3.10. The standard InChI is InChI=1S/C23H33N5O2/c1-15-16(2)25-21-12-18(17-9-10-19(29-7)20(11-17)30-8)26-28(21)22(15)24-13-23(3,4)14-27(5)6/h9-12,24H,13-14H2,1-8H3. The second-order valence-corrected chi connectivity index (χ2v) is 8.80. The van der Waals surface area contributed by atoms with Crippen LogP contribution in [0.1, 0.15) is 25.1 Å². The van der Waals surface area contributed by atoms with Gasteiger partial charge in [-0.25, -0.2) is 4.98 Å². The molecule has 0 radical (unpaired) electrons. The Morgan fingerprint density at radius 3 is 2.40 bits per heavy atom. The molecule has 0 atom stereocenters. The third kappa shape index (κ3) is 4.51. The van der Waals surface area contributed by atoms with Gasteiger partial charge in [-0.2, -0.15) is 9.61 Å². The zero-order chi connectivity index (χ0) is 22.1. The van der Waals surface area contributed by atoms with Crippen LogP contribution >= 0.6 is 0 Å². The Morgan fingerprint density at radius 2 is 1.77 bits per heavy atom. The number of methoxy groups -OCH3 is 2. The van der Waals surface area contributed by atoms with Crippen LogP contribution in [0.4, 0.5) is 5.82 Å². The molecule has 0 aliphatic carbocycles. The van der Waals surface area contributed by atoms with E-state index in [4.69, 9.17) is 19.6 Å². The van der Waals surface area contributed by atoms with Crippen molar-refractivity contribution >= 4 is 11.5 Å². The van der Waals surface area contributed by atoms with Crippen molar-refractivity contribution in [3.63, 3.8) is 0 Å². The van der Waals surface area contributed by atoms with E-state index in [2.05, 4.69) is 45.1 Å². The first-order valence-electron chi connectivity index (χ1n) is 10.1. The maximum absolute atomic E-state index is 5.45. The van der Waals surface area contributed by atoms with E-state index in [1.54, 1.807) is 14.2 Å². The van der Waals surface area contributed by atoms with E-state index in [9.17, 15) is 0 Å². The molecule has 7 nitrogen and oxygen atoms in total. The van der Waals surface area contributed by atoms with Gasteiger partial charge in [-0.3, -0.25) is 0 Å². The van der Waals surface area contributed by atoms with Crippen molar-refractivity contribution in [2.24, 2.45) is 5.41 Å². The summed E-state index contributed by atoms with van der Waals surface area (Å²) in [5.41, 5.74) is 4.81. The first kappa shape index (κ1) is 21.9. The van der Waals surface area contributed by atoms with E-state index >= 15 is 0 Å². The van der Waals surface area contributed by atoms with E-state index in [1.807, 2.05) is 35.7 Å². The van der Waals surface area contributed by atoms with Crippen LogP contribution in [0.25, 0.3) is 16.9 Å². The van der Waals surface area contributed by atoms with Gasteiger partial charge < -0.3 is 19.7 Å². The van der Waals surface area contributed by atoms with Gasteiger partial charge in [0.2, 0.25) is 0 Å². The highest BCUT2D eigenvalue weighted by molar-refractivity contribution is 5.69. The largest absolute Gasteiger partial charge is 0.493 e. The molecule has 0 spiro atoms. The summed E-state index contributed by atoms with van der Waals surface area (Å²) in [6.07, 6.45) is 0. The highest BCUT2D eigenvalue weighted by atomic mass is 16.5. The molecule has 0 amide bonds. The molecule has 1 N–H and O–H groups in total. The molecule has 7 heteroatoms. The third-order valence-electron chi connectivity index (χ3n) is 5.24. The molecule has 0 aliphatic heterocycles. The fourth-order valence-electron chi connectivity index (χ4n) is 3.78. The number of rotatable bonds is 8. The molecule has 1 aromatic carbocycles. The second-order valence-electron chi connectivity index (χ2n) is 8.80. The van der Waals surface area contributed by atoms with Gasteiger partial charge in [-0.05, 0) is 51.6 Å². The molecule has 0 unspecified atom stereocenters. The summed E-state index contributed by atoms with van der Waals surface area (Å²) >= 11 is 0. The van der Waals surface area contributed by atoms with Crippen LogP contribution in [0, 0.1) is 19.3 Å². The van der Waals surface area contributed by atoms with E-state index in [0.29, 0.717) is 11.5 Å². The number of nitrogens with one attached hydrogen (secondary N) is 1. The lowest BCUT2D eigenvalue weighted by Gasteiger charge is -2.29. The van der Waals surface area contributed by atoms with E-state index in [1.165, 1.54) is 0 Å². The number of benzene rings is 1. The van der Waals surface area contributed by atoms with E-state index < -0.39 is 0 Å². The molecule has 3 rings (SSSR count). The highest BCUT2D eigenvalue weighted by Crippen LogP contribution is 2.33. The van der Waals surface area contributed by atoms with Crippen molar-refractivity contribution in [2.75, 3.05) is 46.7 Å². The summed E-state index contributed by atoms with van der Waals surface area (Å²) in [5, 5.41) is 8.50. The maximum atomic E-state index is 5.45. The molecule has 0 bridgehead atoms. The number of hydrogen-bond donors (Lipinski definition) is 1. The zero-order valence-electron chi connectivity index (χ0n) is 19.3. The summed E-state index contributed by atoms with van der Waals surface area (Å²) < 4.78 is 12.7. The van der Waals surface area contributed by atoms with Crippen LogP contribution in [0.15, 0.2) is 24.3 Å². The summed E-state index contributed by atoms with van der Waals surface area (Å²) in [6, 6.07) is 7.82. The van der Waals surface area contributed by atoms with Crippen LogP contribution in [-0.4, -0.2) is 60.9 Å². The minimum Gasteiger partial charge on any atom is -0.493 e. The molecule has 3 aromatic rings. The molecule has 0 aliphatic rings. The number of nitrogens with zero attached hydrogens (tertiary/aromatic N) is 4. The smallest absolute Gasteiger partial charge is 0.161 e. The predicted octanol–water partition coefficient (Wildman–Crippen LogP) is 4.03. The monoisotopic (exact) mass is 411 g/mol. The van der Waals surface area contributed by atoms with Gasteiger partial charge in [0.05, 0.1) is 19.9 Å². The lowest BCUT2D eigenvalue weighted by Crippen LogP contribution is -2.35. The predicted molar refractivity (Wildman–Crippen MR) is 122 cm³/mol. The number of anilines is 1. The Bertz CT molecular complexity index is 1040. The van der Waals surface area contributed by atoms with Crippen LogP contribution < -0.4 is 14.8 Å². The first-order valence-corrected chi connectivity index (χ1v) is 10.1.